The molecule has 1 aliphatic heterocycles. The van der Waals surface area contributed by atoms with E-state index >= 15 is 0 Å². The Morgan fingerprint density at radius 3 is 1.86 bits per heavy atom. The van der Waals surface area contributed by atoms with Crippen molar-refractivity contribution < 1.29 is 0 Å². The summed E-state index contributed by atoms with van der Waals surface area (Å²) in [6.07, 6.45) is 0. The van der Waals surface area contributed by atoms with Gasteiger partial charge in [-0.15, -0.1) is 0 Å². The number of para-hydroxylation sites is 1. The van der Waals surface area contributed by atoms with Crippen LogP contribution in [0.25, 0.3) is 43.4 Å². The number of hydrogen-bond acceptors (Lipinski definition) is 1. The van der Waals surface area contributed by atoms with E-state index in [4.69, 9.17) is 0 Å². The maximum atomic E-state index is 2.59. The molecule has 0 saturated heterocycles. The summed E-state index contributed by atoms with van der Waals surface area (Å²) in [6.45, 7) is 16.4. The summed E-state index contributed by atoms with van der Waals surface area (Å²) in [7, 11) is 0. The van der Waals surface area contributed by atoms with Gasteiger partial charge < -0.3 is 4.90 Å². The van der Waals surface area contributed by atoms with Gasteiger partial charge in [-0.2, -0.15) is 0 Å². The van der Waals surface area contributed by atoms with E-state index in [1.54, 1.807) is 0 Å². The Kier molecular flexibility index (Phi) is 7.37. The summed E-state index contributed by atoms with van der Waals surface area (Å²) in [5.41, 5.74) is 17.4. The van der Waals surface area contributed by atoms with Crippen molar-refractivity contribution in [3.63, 3.8) is 0 Å². The SMILES string of the molecule is Cc1cc(C)c(B2c3ccccc3N(c3ccc(-c4ccccc4)cc3)c3c2c(C(C)C)c2ccc4ccc(C(C)C)c5ccc3c2c45)c(C)c1. The lowest BCUT2D eigenvalue weighted by atomic mass is 9.32. The standard InChI is InChI=1S/C49H44BN/c1-29(2)38-23-19-36-20-24-40-44(30(3)4)48-49(41-26-25-39(38)45(36)46(40)41)51(37-21-17-35(18-22-37)34-13-9-8-10-14-34)43-16-12-11-15-42(43)50(48)47-32(6)27-31(5)28-33(47)7/h8-30H,1-7H3. The number of benzene rings is 8. The van der Waals surface area contributed by atoms with Gasteiger partial charge in [-0.25, -0.2) is 0 Å². The van der Waals surface area contributed by atoms with Crippen LogP contribution in [0.3, 0.4) is 0 Å². The van der Waals surface area contributed by atoms with E-state index < -0.39 is 0 Å². The van der Waals surface area contributed by atoms with E-state index in [1.165, 1.54) is 105 Å². The predicted molar refractivity (Wildman–Crippen MR) is 224 cm³/mol. The van der Waals surface area contributed by atoms with E-state index in [9.17, 15) is 0 Å². The number of hydrogen-bond donors (Lipinski definition) is 0. The van der Waals surface area contributed by atoms with Gasteiger partial charge in [0.05, 0.1) is 0 Å². The molecule has 8 aromatic rings. The summed E-state index contributed by atoms with van der Waals surface area (Å²) >= 11 is 0. The number of aryl methyl sites for hydroxylation is 3. The van der Waals surface area contributed by atoms with Crippen LogP contribution in [0.1, 0.15) is 67.3 Å². The molecule has 0 amide bonds. The molecule has 1 heterocycles. The topological polar surface area (TPSA) is 3.24 Å². The van der Waals surface area contributed by atoms with Crippen molar-refractivity contribution in [1.29, 1.82) is 0 Å². The van der Waals surface area contributed by atoms with Crippen LogP contribution in [0.4, 0.5) is 17.1 Å². The summed E-state index contributed by atoms with van der Waals surface area (Å²) in [5.74, 6) is 0.755. The highest BCUT2D eigenvalue weighted by molar-refractivity contribution is 6.99. The molecule has 0 bridgehead atoms. The third kappa shape index (κ3) is 4.76. The minimum absolute atomic E-state index is 0.0992. The second-order valence-electron chi connectivity index (χ2n) is 15.4. The smallest absolute Gasteiger partial charge is 0.247 e. The van der Waals surface area contributed by atoms with E-state index in [2.05, 4.69) is 181 Å². The molecule has 0 aromatic heterocycles. The molecule has 9 rings (SSSR count). The minimum atomic E-state index is 0.0992. The molecule has 0 unspecified atom stereocenters. The Hall–Kier alpha value is -5.34. The van der Waals surface area contributed by atoms with E-state index in [1.807, 2.05) is 0 Å². The van der Waals surface area contributed by atoms with Crippen molar-refractivity contribution in [3.8, 4) is 11.1 Å². The van der Waals surface area contributed by atoms with Crippen LogP contribution >= 0.6 is 0 Å². The Labute approximate surface area is 303 Å². The molecule has 0 N–H and O–H groups in total. The zero-order valence-electron chi connectivity index (χ0n) is 30.8. The fraction of sp³-hybridized carbons (Fsp3) is 0.184. The van der Waals surface area contributed by atoms with E-state index in [-0.39, 0.29) is 6.71 Å². The van der Waals surface area contributed by atoms with E-state index in [0.29, 0.717) is 11.8 Å². The molecule has 1 nitrogen and oxygen atoms in total. The lowest BCUT2D eigenvalue weighted by molar-refractivity contribution is 0.877. The zero-order chi connectivity index (χ0) is 35.1. The van der Waals surface area contributed by atoms with Crippen molar-refractivity contribution in [2.45, 2.75) is 60.3 Å². The van der Waals surface area contributed by atoms with Crippen molar-refractivity contribution in [2.24, 2.45) is 0 Å². The van der Waals surface area contributed by atoms with Crippen molar-refractivity contribution in [1.82, 2.24) is 0 Å². The van der Waals surface area contributed by atoms with Gasteiger partial charge in [0.2, 0.25) is 6.71 Å². The molecule has 0 aliphatic carbocycles. The molecular formula is C49H44BN. The first-order valence-corrected chi connectivity index (χ1v) is 18.6. The molecule has 0 spiro atoms. The minimum Gasteiger partial charge on any atom is -0.311 e. The van der Waals surface area contributed by atoms with Crippen LogP contribution in [0, 0.1) is 20.8 Å². The summed E-state index contributed by atoms with van der Waals surface area (Å²) < 4.78 is 0. The normalized spacial score (nSPS) is 12.9. The Morgan fingerprint density at radius 1 is 0.529 bits per heavy atom. The van der Waals surface area contributed by atoms with Crippen LogP contribution < -0.4 is 21.3 Å². The summed E-state index contributed by atoms with van der Waals surface area (Å²) in [5, 5.41) is 8.22. The molecule has 8 aromatic carbocycles. The average molecular weight is 658 g/mol. The fourth-order valence-electron chi connectivity index (χ4n) is 9.53. The third-order valence-corrected chi connectivity index (χ3v) is 11.5. The van der Waals surface area contributed by atoms with Crippen molar-refractivity contribution in [2.75, 3.05) is 4.90 Å². The molecule has 51 heavy (non-hydrogen) atoms. The lowest BCUT2D eigenvalue weighted by Gasteiger charge is -2.41. The van der Waals surface area contributed by atoms with Gasteiger partial charge in [0.1, 0.15) is 0 Å². The largest absolute Gasteiger partial charge is 0.311 e. The highest BCUT2D eigenvalue weighted by Gasteiger charge is 2.41. The van der Waals surface area contributed by atoms with Gasteiger partial charge in [-0.1, -0.05) is 159 Å². The third-order valence-electron chi connectivity index (χ3n) is 11.5. The Bertz CT molecular complexity index is 2590. The van der Waals surface area contributed by atoms with Crippen LogP contribution in [-0.2, 0) is 0 Å². The highest BCUT2D eigenvalue weighted by Crippen LogP contribution is 2.48. The molecule has 0 radical (unpaired) electrons. The predicted octanol–water partition coefficient (Wildman–Crippen LogP) is 11.7. The molecule has 0 atom stereocenters. The van der Waals surface area contributed by atoms with Crippen LogP contribution in [0.2, 0.25) is 0 Å². The Balaban J connectivity index is 1.46. The monoisotopic (exact) mass is 657 g/mol. The van der Waals surface area contributed by atoms with Gasteiger partial charge in [-0.05, 0) is 111 Å². The average Bonchev–Trinajstić information content (AvgIpc) is 3.13. The molecule has 248 valence electrons. The van der Waals surface area contributed by atoms with Gasteiger partial charge in [0.15, 0.2) is 0 Å². The first-order chi connectivity index (χ1) is 24.7. The molecule has 1 aliphatic rings. The summed E-state index contributed by atoms with van der Waals surface area (Å²) in [6, 6.07) is 48.3. The first-order valence-electron chi connectivity index (χ1n) is 18.6. The molecule has 0 fully saturated rings. The quantitative estimate of drug-likeness (QED) is 0.132. The van der Waals surface area contributed by atoms with Crippen molar-refractivity contribution in [3.05, 3.63) is 155 Å². The maximum Gasteiger partial charge on any atom is 0.247 e. The van der Waals surface area contributed by atoms with Gasteiger partial charge >= 0.3 is 0 Å². The van der Waals surface area contributed by atoms with Crippen LogP contribution in [0.5, 0.6) is 0 Å². The van der Waals surface area contributed by atoms with Crippen LogP contribution in [-0.4, -0.2) is 6.71 Å². The maximum absolute atomic E-state index is 2.59. The second kappa shape index (κ2) is 11.9. The first kappa shape index (κ1) is 31.6. The van der Waals surface area contributed by atoms with Crippen LogP contribution in [0.15, 0.2) is 127 Å². The lowest BCUT2D eigenvalue weighted by Crippen LogP contribution is -2.60. The number of fused-ring (bicyclic) bond motifs is 3. The number of rotatable bonds is 5. The molecule has 0 saturated carbocycles. The second-order valence-corrected chi connectivity index (χ2v) is 15.4. The van der Waals surface area contributed by atoms with Crippen molar-refractivity contribution >= 4 is 72.5 Å². The number of nitrogens with zero attached hydrogens (tertiary/aromatic N) is 1. The molecular weight excluding hydrogens is 613 g/mol. The Morgan fingerprint density at radius 2 is 1.16 bits per heavy atom. The van der Waals surface area contributed by atoms with Gasteiger partial charge in [0, 0.05) is 22.4 Å². The fourth-order valence-corrected chi connectivity index (χ4v) is 9.53. The van der Waals surface area contributed by atoms with E-state index in [0.717, 1.165) is 0 Å². The number of anilines is 3. The van der Waals surface area contributed by atoms with Gasteiger partial charge in [0.25, 0.3) is 0 Å². The van der Waals surface area contributed by atoms with Gasteiger partial charge in [-0.3, -0.25) is 0 Å². The molecule has 2 heteroatoms. The summed E-state index contributed by atoms with van der Waals surface area (Å²) in [4.78, 5) is 2.59. The highest BCUT2D eigenvalue weighted by atomic mass is 15.2. The zero-order valence-corrected chi connectivity index (χ0v) is 30.8.